The van der Waals surface area contributed by atoms with Crippen LogP contribution in [0, 0.1) is 5.92 Å². The average Bonchev–Trinajstić information content (AvgIpc) is 2.56. The highest BCUT2D eigenvalue weighted by atomic mass is 19.4. The van der Waals surface area contributed by atoms with Crippen LogP contribution in [0.2, 0.25) is 0 Å². The van der Waals surface area contributed by atoms with E-state index in [9.17, 15) is 27.6 Å². The largest absolute Gasteiger partial charge is 0.480 e. The highest BCUT2D eigenvalue weighted by molar-refractivity contribution is 5.95. The predicted molar refractivity (Wildman–Crippen MR) is 87.1 cm³/mol. The van der Waals surface area contributed by atoms with Crippen LogP contribution in [-0.2, 0) is 9.59 Å². The minimum Gasteiger partial charge on any atom is -0.480 e. The van der Waals surface area contributed by atoms with Crippen LogP contribution in [0.25, 0.3) is 0 Å². The van der Waals surface area contributed by atoms with Crippen LogP contribution in [0.15, 0.2) is 18.2 Å². The maximum atomic E-state index is 12.1. The molecule has 0 bridgehead atoms. The molecular weight excluding hydrogens is 371 g/mol. The van der Waals surface area contributed by atoms with Gasteiger partial charge in [-0.05, 0) is 18.4 Å². The van der Waals surface area contributed by atoms with Crippen molar-refractivity contribution in [2.45, 2.75) is 32.5 Å². The second kappa shape index (κ2) is 9.74. The Morgan fingerprint density at radius 2 is 1.93 bits per heavy atom. The normalized spacial score (nSPS) is 12.4. The number of alkyl halides is 3. The summed E-state index contributed by atoms with van der Waals surface area (Å²) in [5, 5.41) is 13.6. The predicted octanol–water partition coefficient (Wildman–Crippen LogP) is 1.37. The molecule has 3 N–H and O–H groups in total. The van der Waals surface area contributed by atoms with Crippen molar-refractivity contribution in [2.75, 3.05) is 13.2 Å². The molecule has 1 aromatic rings. The van der Waals surface area contributed by atoms with Crippen molar-refractivity contribution < 1.29 is 37.4 Å². The first kappa shape index (κ1) is 22.2. The Balaban J connectivity index is 2.58. The van der Waals surface area contributed by atoms with Crippen molar-refractivity contribution in [2.24, 2.45) is 5.92 Å². The van der Waals surface area contributed by atoms with Crippen molar-refractivity contribution in [3.8, 4) is 5.88 Å². The minimum absolute atomic E-state index is 0.0321. The Hall–Kier alpha value is -2.85. The number of halogens is 3. The quantitative estimate of drug-likeness (QED) is 0.585. The van der Waals surface area contributed by atoms with Gasteiger partial charge >= 0.3 is 12.1 Å². The van der Waals surface area contributed by atoms with E-state index >= 15 is 0 Å². The summed E-state index contributed by atoms with van der Waals surface area (Å²) in [6.07, 6.45) is -4.33. The standard InChI is InChI=1S/C16H20F3N3O5/c1-9(2)6-11(15(25)26)21-12(23)7-20-14(24)10-4-3-5-13(22-10)27-8-16(17,18)19/h3-5,9,11H,6-8H2,1-2H3,(H,20,24)(H,21,23)(H,25,26)/t11-/m0/s1. The molecule has 0 radical (unpaired) electrons. The first-order valence-electron chi connectivity index (χ1n) is 7.95. The molecule has 0 saturated heterocycles. The Labute approximate surface area is 153 Å². The summed E-state index contributed by atoms with van der Waals surface area (Å²) < 4.78 is 40.8. The Kier molecular flexibility index (Phi) is 8.00. The van der Waals surface area contributed by atoms with Crippen LogP contribution in [0.3, 0.4) is 0 Å². The van der Waals surface area contributed by atoms with Gasteiger partial charge in [-0.25, -0.2) is 9.78 Å². The third kappa shape index (κ3) is 8.88. The van der Waals surface area contributed by atoms with E-state index in [4.69, 9.17) is 5.11 Å². The molecule has 1 heterocycles. The van der Waals surface area contributed by atoms with Gasteiger partial charge in [-0.15, -0.1) is 0 Å². The summed E-state index contributed by atoms with van der Waals surface area (Å²) in [6, 6.07) is 2.56. The molecule has 0 aliphatic rings. The van der Waals surface area contributed by atoms with Crippen molar-refractivity contribution in [3.05, 3.63) is 23.9 Å². The smallest absolute Gasteiger partial charge is 0.422 e. The van der Waals surface area contributed by atoms with E-state index in [0.29, 0.717) is 0 Å². The number of ether oxygens (including phenoxy) is 1. The zero-order chi connectivity index (χ0) is 20.6. The number of carboxylic acid groups (broad SMARTS) is 1. The summed E-state index contributed by atoms with van der Waals surface area (Å²) in [7, 11) is 0. The summed E-state index contributed by atoms with van der Waals surface area (Å²) in [6.45, 7) is 1.52. The fourth-order valence-electron chi connectivity index (χ4n) is 1.97. The summed E-state index contributed by atoms with van der Waals surface area (Å²) in [5.74, 6) is -3.10. The number of nitrogens with zero attached hydrogens (tertiary/aromatic N) is 1. The molecule has 150 valence electrons. The van der Waals surface area contributed by atoms with E-state index in [0.717, 1.165) is 6.07 Å². The second-order valence-corrected chi connectivity index (χ2v) is 6.04. The lowest BCUT2D eigenvalue weighted by Crippen LogP contribution is -2.46. The molecule has 0 spiro atoms. The molecule has 0 unspecified atom stereocenters. The lowest BCUT2D eigenvalue weighted by Gasteiger charge is -2.16. The number of carbonyl (C=O) groups excluding carboxylic acids is 2. The van der Waals surface area contributed by atoms with E-state index in [2.05, 4.69) is 20.4 Å². The number of rotatable bonds is 9. The maximum absolute atomic E-state index is 12.1. The van der Waals surface area contributed by atoms with Gasteiger partial charge in [0, 0.05) is 6.07 Å². The number of amides is 2. The van der Waals surface area contributed by atoms with Gasteiger partial charge in [0.2, 0.25) is 11.8 Å². The zero-order valence-electron chi connectivity index (χ0n) is 14.7. The number of aromatic nitrogens is 1. The van der Waals surface area contributed by atoms with Crippen LogP contribution in [0.4, 0.5) is 13.2 Å². The summed E-state index contributed by atoms with van der Waals surface area (Å²) >= 11 is 0. The molecule has 8 nitrogen and oxygen atoms in total. The van der Waals surface area contributed by atoms with Gasteiger partial charge in [-0.2, -0.15) is 13.2 Å². The van der Waals surface area contributed by atoms with Gasteiger partial charge in [0.25, 0.3) is 5.91 Å². The molecule has 1 atom stereocenters. The molecule has 0 aliphatic heterocycles. The van der Waals surface area contributed by atoms with E-state index in [1.54, 1.807) is 13.8 Å². The molecule has 1 rings (SSSR count). The Morgan fingerprint density at radius 1 is 1.26 bits per heavy atom. The number of pyridine rings is 1. The van der Waals surface area contributed by atoms with E-state index < -0.39 is 49.0 Å². The molecule has 11 heteroatoms. The van der Waals surface area contributed by atoms with Crippen LogP contribution in [0.5, 0.6) is 5.88 Å². The molecule has 1 aromatic heterocycles. The number of aliphatic carboxylic acids is 1. The first-order chi connectivity index (χ1) is 12.5. The number of hydrogen-bond acceptors (Lipinski definition) is 5. The minimum atomic E-state index is -4.55. The molecule has 0 saturated carbocycles. The van der Waals surface area contributed by atoms with Gasteiger partial charge in [0.15, 0.2) is 6.61 Å². The van der Waals surface area contributed by atoms with Gasteiger partial charge in [-0.1, -0.05) is 19.9 Å². The zero-order valence-corrected chi connectivity index (χ0v) is 14.7. The van der Waals surface area contributed by atoms with Gasteiger partial charge in [0.1, 0.15) is 11.7 Å². The fraction of sp³-hybridized carbons (Fsp3) is 0.500. The monoisotopic (exact) mass is 391 g/mol. The second-order valence-electron chi connectivity index (χ2n) is 6.04. The fourth-order valence-corrected chi connectivity index (χ4v) is 1.97. The molecule has 27 heavy (non-hydrogen) atoms. The Morgan fingerprint density at radius 3 is 2.48 bits per heavy atom. The van der Waals surface area contributed by atoms with Crippen molar-refractivity contribution in [3.63, 3.8) is 0 Å². The van der Waals surface area contributed by atoms with Gasteiger partial charge in [-0.3, -0.25) is 9.59 Å². The van der Waals surface area contributed by atoms with Crippen LogP contribution in [0.1, 0.15) is 30.8 Å². The van der Waals surface area contributed by atoms with Crippen LogP contribution in [-0.4, -0.2) is 53.2 Å². The molecular formula is C16H20F3N3O5. The van der Waals surface area contributed by atoms with Crippen LogP contribution >= 0.6 is 0 Å². The lowest BCUT2D eigenvalue weighted by molar-refractivity contribution is -0.154. The molecule has 0 aliphatic carbocycles. The lowest BCUT2D eigenvalue weighted by atomic mass is 10.0. The van der Waals surface area contributed by atoms with Gasteiger partial charge in [0.05, 0.1) is 6.54 Å². The van der Waals surface area contributed by atoms with Crippen LogP contribution < -0.4 is 15.4 Å². The molecule has 0 fully saturated rings. The maximum Gasteiger partial charge on any atom is 0.422 e. The highest BCUT2D eigenvalue weighted by Gasteiger charge is 2.28. The third-order valence-electron chi connectivity index (χ3n) is 3.09. The highest BCUT2D eigenvalue weighted by Crippen LogP contribution is 2.17. The first-order valence-corrected chi connectivity index (χ1v) is 7.95. The number of hydrogen-bond donors (Lipinski definition) is 3. The number of nitrogens with one attached hydrogen (secondary N) is 2. The van der Waals surface area contributed by atoms with E-state index in [-0.39, 0.29) is 18.0 Å². The van der Waals surface area contributed by atoms with E-state index in [1.807, 2.05) is 0 Å². The topological polar surface area (TPSA) is 118 Å². The summed E-state index contributed by atoms with van der Waals surface area (Å²) in [5.41, 5.74) is -0.251. The average molecular weight is 391 g/mol. The van der Waals surface area contributed by atoms with Crippen molar-refractivity contribution in [1.29, 1.82) is 0 Å². The third-order valence-corrected chi connectivity index (χ3v) is 3.09. The number of carbonyl (C=O) groups is 3. The Bertz CT molecular complexity index is 680. The van der Waals surface area contributed by atoms with E-state index in [1.165, 1.54) is 12.1 Å². The van der Waals surface area contributed by atoms with Crippen molar-refractivity contribution in [1.82, 2.24) is 15.6 Å². The SMILES string of the molecule is CC(C)C[C@H](NC(=O)CNC(=O)c1cccc(OCC(F)(F)F)n1)C(=O)O. The van der Waals surface area contributed by atoms with Crippen molar-refractivity contribution >= 4 is 17.8 Å². The summed E-state index contributed by atoms with van der Waals surface area (Å²) in [4.78, 5) is 38.5. The molecule has 2 amide bonds. The molecule has 0 aromatic carbocycles. The van der Waals surface area contributed by atoms with Gasteiger partial charge < -0.3 is 20.5 Å². The number of carboxylic acids is 1.